The Morgan fingerprint density at radius 3 is 2.38 bits per heavy atom. The van der Waals surface area contributed by atoms with Gasteiger partial charge in [-0.2, -0.15) is 0 Å². The molecule has 0 heterocycles. The molecule has 8 heteroatoms. The molecule has 0 unspecified atom stereocenters. The van der Waals surface area contributed by atoms with E-state index in [-0.39, 0.29) is 10.5 Å². The second-order valence-corrected chi connectivity index (χ2v) is 8.22. The summed E-state index contributed by atoms with van der Waals surface area (Å²) in [7, 11) is -2.42. The highest BCUT2D eigenvalue weighted by molar-refractivity contribution is 7.89. The third-order valence-electron chi connectivity index (χ3n) is 4.32. The van der Waals surface area contributed by atoms with Crippen LogP contribution in [0.3, 0.4) is 0 Å². The molecule has 150 valence electrons. The van der Waals surface area contributed by atoms with Gasteiger partial charge in [0.25, 0.3) is 5.91 Å². The van der Waals surface area contributed by atoms with E-state index in [1.807, 2.05) is 36.4 Å². The molecule has 0 aliphatic rings. The smallest absolute Gasteiger partial charge is 0.338 e. The van der Waals surface area contributed by atoms with Crippen molar-refractivity contribution < 1.29 is 22.7 Å². The van der Waals surface area contributed by atoms with E-state index >= 15 is 0 Å². The molecule has 0 bridgehead atoms. The lowest BCUT2D eigenvalue weighted by atomic mass is 10.1. The normalized spacial score (nSPS) is 12.3. The van der Waals surface area contributed by atoms with E-state index in [0.29, 0.717) is 5.69 Å². The average molecular weight is 412 g/mol. The van der Waals surface area contributed by atoms with Gasteiger partial charge in [0.1, 0.15) is 0 Å². The Bertz CT molecular complexity index is 1170. The highest BCUT2D eigenvalue weighted by atomic mass is 32.2. The fourth-order valence-electron chi connectivity index (χ4n) is 2.70. The quantitative estimate of drug-likeness (QED) is 0.606. The zero-order chi connectivity index (χ0) is 21.0. The van der Waals surface area contributed by atoms with Crippen LogP contribution in [0.4, 0.5) is 5.69 Å². The van der Waals surface area contributed by atoms with Crippen LogP contribution in [0.1, 0.15) is 17.3 Å². The first-order valence-electron chi connectivity index (χ1n) is 8.84. The number of hydrogen-bond donors (Lipinski definition) is 2. The molecule has 3 aromatic carbocycles. The van der Waals surface area contributed by atoms with Crippen LogP contribution in [-0.2, 0) is 19.6 Å². The zero-order valence-electron chi connectivity index (χ0n) is 15.9. The molecule has 3 rings (SSSR count). The van der Waals surface area contributed by atoms with E-state index in [1.54, 1.807) is 6.07 Å². The zero-order valence-corrected chi connectivity index (χ0v) is 16.7. The monoisotopic (exact) mass is 412 g/mol. The highest BCUT2D eigenvalue weighted by Crippen LogP contribution is 2.19. The number of ether oxygens (including phenoxy) is 1. The van der Waals surface area contributed by atoms with Gasteiger partial charge in [-0.3, -0.25) is 4.79 Å². The van der Waals surface area contributed by atoms with Gasteiger partial charge in [-0.25, -0.2) is 17.9 Å². The summed E-state index contributed by atoms with van der Waals surface area (Å²) >= 11 is 0. The second-order valence-electron chi connectivity index (χ2n) is 6.33. The highest BCUT2D eigenvalue weighted by Gasteiger charge is 2.21. The molecule has 1 atom stereocenters. The topological polar surface area (TPSA) is 102 Å². The number of carbonyl (C=O) groups excluding carboxylic acids is 2. The number of sulfonamides is 1. The maximum atomic E-state index is 12.4. The number of nitrogens with one attached hydrogen (secondary N) is 2. The Labute approximate surface area is 168 Å². The largest absolute Gasteiger partial charge is 0.449 e. The molecule has 0 aliphatic carbocycles. The van der Waals surface area contributed by atoms with Gasteiger partial charge in [0, 0.05) is 5.69 Å². The predicted molar refractivity (Wildman–Crippen MR) is 110 cm³/mol. The van der Waals surface area contributed by atoms with Crippen LogP contribution in [0, 0.1) is 0 Å². The molecule has 0 aliphatic heterocycles. The number of hydrogen-bond acceptors (Lipinski definition) is 5. The molecule has 7 nitrogen and oxygen atoms in total. The van der Waals surface area contributed by atoms with Gasteiger partial charge >= 0.3 is 5.97 Å². The van der Waals surface area contributed by atoms with Crippen LogP contribution in [0.5, 0.6) is 0 Å². The number of esters is 1. The molecule has 0 aromatic heterocycles. The van der Waals surface area contributed by atoms with Gasteiger partial charge in [0.2, 0.25) is 10.0 Å². The fourth-order valence-corrected chi connectivity index (χ4v) is 3.48. The molecule has 29 heavy (non-hydrogen) atoms. The van der Waals surface area contributed by atoms with E-state index in [0.717, 1.165) is 10.8 Å². The van der Waals surface area contributed by atoms with Crippen molar-refractivity contribution in [3.05, 3.63) is 72.3 Å². The lowest BCUT2D eigenvalue weighted by Gasteiger charge is -2.14. The first-order chi connectivity index (χ1) is 13.8. The van der Waals surface area contributed by atoms with E-state index in [2.05, 4.69) is 10.0 Å². The summed E-state index contributed by atoms with van der Waals surface area (Å²) in [5.74, 6) is -1.29. The lowest BCUT2D eigenvalue weighted by molar-refractivity contribution is -0.123. The number of anilines is 1. The maximum Gasteiger partial charge on any atom is 0.338 e. The van der Waals surface area contributed by atoms with E-state index in [9.17, 15) is 18.0 Å². The summed E-state index contributed by atoms with van der Waals surface area (Å²) in [6.45, 7) is 1.45. The molecule has 3 aromatic rings. The third kappa shape index (κ3) is 4.79. The van der Waals surface area contributed by atoms with Crippen LogP contribution < -0.4 is 10.0 Å². The van der Waals surface area contributed by atoms with Crippen LogP contribution in [0.2, 0.25) is 0 Å². The fraction of sp³-hybridized carbons (Fsp3) is 0.143. The van der Waals surface area contributed by atoms with Crippen molar-refractivity contribution in [3.8, 4) is 0 Å². The van der Waals surface area contributed by atoms with Crippen molar-refractivity contribution in [2.45, 2.75) is 17.9 Å². The number of benzene rings is 3. The van der Waals surface area contributed by atoms with Gasteiger partial charge in [-0.05, 0) is 55.1 Å². The van der Waals surface area contributed by atoms with Crippen LogP contribution in [0.15, 0.2) is 71.6 Å². The summed E-state index contributed by atoms with van der Waals surface area (Å²) in [6.07, 6.45) is -1.07. The first-order valence-corrected chi connectivity index (χ1v) is 10.3. The van der Waals surface area contributed by atoms with Crippen molar-refractivity contribution >= 4 is 38.4 Å². The van der Waals surface area contributed by atoms with Crippen molar-refractivity contribution in [1.29, 1.82) is 0 Å². The lowest BCUT2D eigenvalue weighted by Crippen LogP contribution is -2.30. The molecule has 0 spiro atoms. The minimum atomic E-state index is -3.69. The van der Waals surface area contributed by atoms with E-state index in [1.165, 1.54) is 38.2 Å². The number of carbonyl (C=O) groups is 2. The van der Waals surface area contributed by atoms with Crippen LogP contribution >= 0.6 is 0 Å². The summed E-state index contributed by atoms with van der Waals surface area (Å²) in [4.78, 5) is 24.7. The Balaban J connectivity index is 1.69. The SMILES string of the molecule is CNS(=O)(=O)c1cccc(C(=O)O[C@H](C)C(=O)Nc2ccc3ccccc3c2)c1. The first kappa shape index (κ1) is 20.5. The van der Waals surface area contributed by atoms with E-state index in [4.69, 9.17) is 4.74 Å². The molecule has 0 fully saturated rings. The molecule has 0 saturated heterocycles. The molecule has 0 saturated carbocycles. The number of rotatable bonds is 6. The van der Waals surface area contributed by atoms with Crippen molar-refractivity contribution in [2.75, 3.05) is 12.4 Å². The van der Waals surface area contributed by atoms with E-state index < -0.39 is 28.0 Å². The van der Waals surface area contributed by atoms with Gasteiger partial charge in [0.05, 0.1) is 10.5 Å². The third-order valence-corrected chi connectivity index (χ3v) is 5.73. The maximum absolute atomic E-state index is 12.4. The summed E-state index contributed by atoms with van der Waals surface area (Å²) < 4.78 is 31.1. The summed E-state index contributed by atoms with van der Waals surface area (Å²) in [5, 5.41) is 4.73. The predicted octanol–water partition coefficient (Wildman–Crippen LogP) is 2.93. The van der Waals surface area contributed by atoms with Crippen molar-refractivity contribution in [1.82, 2.24) is 4.72 Å². The number of fused-ring (bicyclic) bond motifs is 1. The van der Waals surface area contributed by atoms with Crippen LogP contribution in [0.25, 0.3) is 10.8 Å². The van der Waals surface area contributed by atoms with Gasteiger partial charge in [-0.1, -0.05) is 36.4 Å². The minimum absolute atomic E-state index is 0.0340. The van der Waals surface area contributed by atoms with Gasteiger partial charge in [-0.15, -0.1) is 0 Å². The Kier molecular flexibility index (Phi) is 5.95. The Morgan fingerprint density at radius 2 is 1.66 bits per heavy atom. The molecular formula is C21H20N2O5S. The minimum Gasteiger partial charge on any atom is -0.449 e. The average Bonchev–Trinajstić information content (AvgIpc) is 2.73. The molecule has 0 radical (unpaired) electrons. The summed E-state index contributed by atoms with van der Waals surface area (Å²) in [6, 6.07) is 18.6. The van der Waals surface area contributed by atoms with Gasteiger partial charge in [0.15, 0.2) is 6.10 Å². The second kappa shape index (κ2) is 8.42. The Morgan fingerprint density at radius 1 is 0.931 bits per heavy atom. The number of amides is 1. The van der Waals surface area contributed by atoms with Crippen molar-refractivity contribution in [2.24, 2.45) is 0 Å². The van der Waals surface area contributed by atoms with Crippen molar-refractivity contribution in [3.63, 3.8) is 0 Å². The molecule has 2 N–H and O–H groups in total. The van der Waals surface area contributed by atoms with Crippen LogP contribution in [-0.4, -0.2) is 33.4 Å². The Hall–Kier alpha value is -3.23. The van der Waals surface area contributed by atoms with Gasteiger partial charge < -0.3 is 10.1 Å². The molecule has 1 amide bonds. The molecular weight excluding hydrogens is 392 g/mol. The summed E-state index contributed by atoms with van der Waals surface area (Å²) in [5.41, 5.74) is 0.616. The standard InChI is InChI=1S/C21H20N2O5S/c1-14(20(24)23-18-11-10-15-6-3-4-7-16(15)12-18)28-21(25)17-8-5-9-19(13-17)29(26,27)22-2/h3-14,22H,1-2H3,(H,23,24)/t14-/m1/s1.